The standard InChI is InChI=1S/C60H111NO3/c1-3-5-7-9-11-13-15-16-17-18-19-20-21-22-23-24-25-26-27-28-29-30-31-32-33-34-35-36-37-38-39-40-41-42-43-44-46-48-50-52-54-56-60(64)61-58(57-62)59(63)55-53-51-49-47-45-14-12-10-8-6-4-2/h5,7,11,13,16-17,19-20,53,55,58-59,62-63H,3-4,6,8-10,12,14-15,18,21-52,54,56-57H2,1-2H3,(H,61,64)/b7-5-,13-11-,17-16-,20-19-,55-53+. The Morgan fingerprint density at radius 3 is 1.03 bits per heavy atom. The minimum absolute atomic E-state index is 0.0611. The summed E-state index contributed by atoms with van der Waals surface area (Å²) in [7, 11) is 0. The molecule has 0 spiro atoms. The number of aliphatic hydroxyl groups excluding tert-OH is 2. The van der Waals surface area contributed by atoms with E-state index in [-0.39, 0.29) is 12.5 Å². The molecular formula is C60H111NO3. The average molecular weight is 895 g/mol. The van der Waals surface area contributed by atoms with Crippen molar-refractivity contribution in [2.75, 3.05) is 6.61 Å². The molecule has 0 saturated carbocycles. The summed E-state index contributed by atoms with van der Waals surface area (Å²) in [6.07, 6.45) is 78.4. The number of amides is 1. The van der Waals surface area contributed by atoms with E-state index in [0.717, 1.165) is 51.4 Å². The molecule has 64 heavy (non-hydrogen) atoms. The SMILES string of the molecule is CC/C=C\C/C=C\C/C=C\C/C=C\CCCCCCCCCCCCCCCCCCCCCCCCCCCCCCC(=O)NC(CO)C(O)/C=C/CCCCCCCCCCC. The summed E-state index contributed by atoms with van der Waals surface area (Å²) >= 11 is 0. The van der Waals surface area contributed by atoms with Crippen molar-refractivity contribution < 1.29 is 15.0 Å². The lowest BCUT2D eigenvalue weighted by Crippen LogP contribution is -2.45. The largest absolute Gasteiger partial charge is 0.394 e. The van der Waals surface area contributed by atoms with Crippen molar-refractivity contribution in [1.82, 2.24) is 5.32 Å². The van der Waals surface area contributed by atoms with E-state index in [9.17, 15) is 15.0 Å². The number of nitrogens with one attached hydrogen (secondary N) is 1. The number of carbonyl (C=O) groups is 1. The Hall–Kier alpha value is -1.91. The minimum Gasteiger partial charge on any atom is -0.394 e. The number of carbonyl (C=O) groups excluding carboxylic acids is 1. The molecule has 4 heteroatoms. The van der Waals surface area contributed by atoms with Crippen LogP contribution in [0.2, 0.25) is 0 Å². The number of unbranched alkanes of at least 4 members (excludes halogenated alkanes) is 37. The maximum absolute atomic E-state index is 12.4. The van der Waals surface area contributed by atoms with Crippen molar-refractivity contribution in [3.8, 4) is 0 Å². The summed E-state index contributed by atoms with van der Waals surface area (Å²) in [6.45, 7) is 4.19. The fourth-order valence-electron chi connectivity index (χ4n) is 8.70. The van der Waals surface area contributed by atoms with Crippen molar-refractivity contribution in [3.05, 3.63) is 60.8 Å². The third-order valence-electron chi connectivity index (χ3n) is 13.0. The van der Waals surface area contributed by atoms with Gasteiger partial charge in [-0.1, -0.05) is 293 Å². The Balaban J connectivity index is 3.36. The monoisotopic (exact) mass is 894 g/mol. The first kappa shape index (κ1) is 62.1. The molecule has 0 rings (SSSR count). The molecule has 0 heterocycles. The lowest BCUT2D eigenvalue weighted by atomic mass is 10.0. The van der Waals surface area contributed by atoms with Crippen LogP contribution in [0.5, 0.6) is 0 Å². The zero-order valence-corrected chi connectivity index (χ0v) is 43.1. The van der Waals surface area contributed by atoms with Gasteiger partial charge in [0, 0.05) is 6.42 Å². The minimum atomic E-state index is -0.836. The lowest BCUT2D eigenvalue weighted by Gasteiger charge is -2.20. The second-order valence-corrected chi connectivity index (χ2v) is 19.3. The van der Waals surface area contributed by atoms with Gasteiger partial charge in [0.1, 0.15) is 0 Å². The van der Waals surface area contributed by atoms with Gasteiger partial charge < -0.3 is 15.5 Å². The molecule has 0 fully saturated rings. The molecule has 0 aliphatic heterocycles. The molecule has 2 unspecified atom stereocenters. The zero-order chi connectivity index (χ0) is 46.3. The van der Waals surface area contributed by atoms with E-state index in [1.807, 2.05) is 6.08 Å². The van der Waals surface area contributed by atoms with Crippen molar-refractivity contribution in [2.45, 2.75) is 309 Å². The number of allylic oxidation sites excluding steroid dienone is 9. The van der Waals surface area contributed by atoms with Crippen LogP contribution in [0.4, 0.5) is 0 Å². The first-order chi connectivity index (χ1) is 31.7. The van der Waals surface area contributed by atoms with Crippen molar-refractivity contribution >= 4 is 5.91 Å². The predicted molar refractivity (Wildman–Crippen MR) is 285 cm³/mol. The molecule has 2 atom stereocenters. The molecule has 0 aromatic heterocycles. The summed E-state index contributed by atoms with van der Waals surface area (Å²) in [4.78, 5) is 12.4. The molecule has 374 valence electrons. The van der Waals surface area contributed by atoms with Gasteiger partial charge in [0.05, 0.1) is 18.8 Å². The highest BCUT2D eigenvalue weighted by atomic mass is 16.3. The summed E-state index contributed by atoms with van der Waals surface area (Å²) in [6, 6.07) is -0.619. The molecule has 0 aromatic rings. The van der Waals surface area contributed by atoms with E-state index < -0.39 is 12.1 Å². The van der Waals surface area contributed by atoms with E-state index >= 15 is 0 Å². The van der Waals surface area contributed by atoms with Crippen LogP contribution in [-0.2, 0) is 4.79 Å². The molecule has 0 aromatic carbocycles. The van der Waals surface area contributed by atoms with Crippen LogP contribution in [0.1, 0.15) is 296 Å². The van der Waals surface area contributed by atoms with Crippen LogP contribution in [0, 0.1) is 0 Å². The fourth-order valence-corrected chi connectivity index (χ4v) is 8.70. The molecule has 1 amide bonds. The maximum Gasteiger partial charge on any atom is 0.220 e. The highest BCUT2D eigenvalue weighted by molar-refractivity contribution is 5.76. The van der Waals surface area contributed by atoms with Gasteiger partial charge in [0.2, 0.25) is 5.91 Å². The van der Waals surface area contributed by atoms with Gasteiger partial charge in [-0.05, 0) is 57.8 Å². The van der Waals surface area contributed by atoms with Crippen LogP contribution in [0.25, 0.3) is 0 Å². The molecule has 0 radical (unpaired) electrons. The van der Waals surface area contributed by atoms with Gasteiger partial charge in [-0.25, -0.2) is 0 Å². The van der Waals surface area contributed by atoms with Gasteiger partial charge in [-0.15, -0.1) is 0 Å². The summed E-state index contributed by atoms with van der Waals surface area (Å²) in [5, 5.41) is 23.0. The van der Waals surface area contributed by atoms with Gasteiger partial charge in [-0.3, -0.25) is 4.79 Å². The van der Waals surface area contributed by atoms with Gasteiger partial charge in [0.15, 0.2) is 0 Å². The maximum atomic E-state index is 12.4. The third kappa shape index (κ3) is 51.1. The van der Waals surface area contributed by atoms with Crippen LogP contribution in [0.15, 0.2) is 60.8 Å². The Kier molecular flexibility index (Phi) is 53.8. The molecule has 0 bridgehead atoms. The van der Waals surface area contributed by atoms with Crippen molar-refractivity contribution in [1.29, 1.82) is 0 Å². The Bertz CT molecular complexity index is 1060. The Morgan fingerprint density at radius 2 is 0.688 bits per heavy atom. The first-order valence-corrected chi connectivity index (χ1v) is 28.5. The fraction of sp³-hybridized carbons (Fsp3) is 0.817. The van der Waals surface area contributed by atoms with Gasteiger partial charge in [0.25, 0.3) is 0 Å². The third-order valence-corrected chi connectivity index (χ3v) is 13.0. The highest BCUT2D eigenvalue weighted by Crippen LogP contribution is 2.17. The zero-order valence-electron chi connectivity index (χ0n) is 43.1. The van der Waals surface area contributed by atoms with Crippen LogP contribution in [-0.4, -0.2) is 34.9 Å². The number of aliphatic hydroxyl groups is 2. The Labute approximate surface area is 400 Å². The lowest BCUT2D eigenvalue weighted by molar-refractivity contribution is -0.123. The topological polar surface area (TPSA) is 69.6 Å². The number of hydrogen-bond acceptors (Lipinski definition) is 3. The smallest absolute Gasteiger partial charge is 0.220 e. The quantitative estimate of drug-likeness (QED) is 0.0421. The van der Waals surface area contributed by atoms with Gasteiger partial charge >= 0.3 is 0 Å². The van der Waals surface area contributed by atoms with E-state index in [1.165, 1.54) is 225 Å². The molecule has 4 nitrogen and oxygen atoms in total. The van der Waals surface area contributed by atoms with Crippen LogP contribution in [0.3, 0.4) is 0 Å². The molecule has 0 aliphatic carbocycles. The molecule has 0 saturated heterocycles. The van der Waals surface area contributed by atoms with Crippen molar-refractivity contribution in [2.24, 2.45) is 0 Å². The summed E-state index contributed by atoms with van der Waals surface area (Å²) < 4.78 is 0. The second-order valence-electron chi connectivity index (χ2n) is 19.3. The number of rotatable bonds is 52. The highest BCUT2D eigenvalue weighted by Gasteiger charge is 2.18. The Morgan fingerprint density at radius 1 is 0.391 bits per heavy atom. The summed E-state index contributed by atoms with van der Waals surface area (Å²) in [5.74, 6) is -0.0611. The molecule has 3 N–H and O–H groups in total. The summed E-state index contributed by atoms with van der Waals surface area (Å²) in [5.41, 5.74) is 0. The van der Waals surface area contributed by atoms with Crippen LogP contribution >= 0.6 is 0 Å². The first-order valence-electron chi connectivity index (χ1n) is 28.5. The molecule has 0 aliphatic rings. The predicted octanol–water partition coefficient (Wildman–Crippen LogP) is 18.8. The average Bonchev–Trinajstić information content (AvgIpc) is 3.30. The van der Waals surface area contributed by atoms with E-state index in [4.69, 9.17) is 0 Å². The van der Waals surface area contributed by atoms with E-state index in [2.05, 4.69) is 67.8 Å². The number of hydrogen-bond donors (Lipinski definition) is 3. The van der Waals surface area contributed by atoms with E-state index in [1.54, 1.807) is 6.08 Å². The van der Waals surface area contributed by atoms with Gasteiger partial charge in [-0.2, -0.15) is 0 Å². The van der Waals surface area contributed by atoms with Crippen molar-refractivity contribution in [3.63, 3.8) is 0 Å². The van der Waals surface area contributed by atoms with E-state index in [0.29, 0.717) is 6.42 Å². The normalized spacial score (nSPS) is 13.2. The molecular weight excluding hydrogens is 783 g/mol. The van der Waals surface area contributed by atoms with Crippen LogP contribution < -0.4 is 5.32 Å². The second kappa shape index (κ2) is 55.4.